The predicted octanol–water partition coefficient (Wildman–Crippen LogP) is 2.84. The third-order valence-corrected chi connectivity index (χ3v) is 3.32. The molecule has 1 atom stereocenters. The van der Waals surface area contributed by atoms with E-state index in [9.17, 15) is 9.59 Å². The molecule has 0 bridgehead atoms. The maximum absolute atomic E-state index is 12.2. The van der Waals surface area contributed by atoms with Crippen LogP contribution in [-0.4, -0.2) is 17.0 Å². The maximum Gasteiger partial charge on any atom is 0.305 e. The third-order valence-electron chi connectivity index (χ3n) is 3.32. The molecule has 0 aliphatic heterocycles. The minimum absolute atomic E-state index is 0.184. The standard InChI is InChI=1S/C16H17NO4/c1-10-5-3-4-6-12(10)13(9-14(18)19)17-16(20)15-11(2)7-8-21-15/h3-8,13H,9H2,1-2H3,(H,17,20)(H,18,19). The molecule has 110 valence electrons. The Morgan fingerprint density at radius 1 is 1.19 bits per heavy atom. The van der Waals surface area contributed by atoms with E-state index < -0.39 is 17.9 Å². The number of hydrogen-bond donors (Lipinski definition) is 2. The second-order valence-corrected chi connectivity index (χ2v) is 4.91. The highest BCUT2D eigenvalue weighted by molar-refractivity contribution is 5.93. The quantitative estimate of drug-likeness (QED) is 0.886. The molecule has 0 spiro atoms. The van der Waals surface area contributed by atoms with Gasteiger partial charge >= 0.3 is 5.97 Å². The molecule has 1 heterocycles. The molecule has 1 amide bonds. The van der Waals surface area contributed by atoms with E-state index in [1.165, 1.54) is 6.26 Å². The number of carbonyl (C=O) groups excluding carboxylic acids is 1. The van der Waals surface area contributed by atoms with Gasteiger partial charge < -0.3 is 14.8 Å². The van der Waals surface area contributed by atoms with Crippen LogP contribution >= 0.6 is 0 Å². The largest absolute Gasteiger partial charge is 0.481 e. The average molecular weight is 287 g/mol. The smallest absolute Gasteiger partial charge is 0.305 e. The van der Waals surface area contributed by atoms with E-state index >= 15 is 0 Å². The second kappa shape index (κ2) is 6.26. The van der Waals surface area contributed by atoms with Gasteiger partial charge in [0.1, 0.15) is 0 Å². The predicted molar refractivity (Wildman–Crippen MR) is 77.1 cm³/mol. The number of carboxylic acid groups (broad SMARTS) is 1. The van der Waals surface area contributed by atoms with Crippen LogP contribution in [-0.2, 0) is 4.79 Å². The van der Waals surface area contributed by atoms with Crippen LogP contribution in [0.2, 0.25) is 0 Å². The molecule has 2 rings (SSSR count). The van der Waals surface area contributed by atoms with Crippen molar-refractivity contribution in [1.82, 2.24) is 5.32 Å². The molecule has 1 unspecified atom stereocenters. The molecule has 2 aromatic rings. The number of furan rings is 1. The number of hydrogen-bond acceptors (Lipinski definition) is 3. The van der Waals surface area contributed by atoms with Crippen molar-refractivity contribution in [2.24, 2.45) is 0 Å². The summed E-state index contributed by atoms with van der Waals surface area (Å²) < 4.78 is 5.14. The van der Waals surface area contributed by atoms with E-state index in [1.807, 2.05) is 31.2 Å². The molecule has 0 saturated carbocycles. The molecule has 2 N–H and O–H groups in total. The molecule has 21 heavy (non-hydrogen) atoms. The highest BCUT2D eigenvalue weighted by Crippen LogP contribution is 2.22. The van der Waals surface area contributed by atoms with Gasteiger partial charge in [0, 0.05) is 5.56 Å². The number of aliphatic carboxylic acids is 1. The zero-order valence-corrected chi connectivity index (χ0v) is 11.9. The molecule has 0 fully saturated rings. The van der Waals surface area contributed by atoms with Crippen LogP contribution < -0.4 is 5.32 Å². The third kappa shape index (κ3) is 3.51. The van der Waals surface area contributed by atoms with Gasteiger partial charge in [-0.2, -0.15) is 0 Å². The number of rotatable bonds is 5. The van der Waals surface area contributed by atoms with Gasteiger partial charge in [-0.1, -0.05) is 24.3 Å². The van der Waals surface area contributed by atoms with Crippen LogP contribution in [0.1, 0.15) is 39.7 Å². The van der Waals surface area contributed by atoms with Crippen molar-refractivity contribution >= 4 is 11.9 Å². The summed E-state index contributed by atoms with van der Waals surface area (Å²) in [4.78, 5) is 23.3. The fraction of sp³-hybridized carbons (Fsp3) is 0.250. The summed E-state index contributed by atoms with van der Waals surface area (Å²) in [6.07, 6.45) is 1.25. The lowest BCUT2D eigenvalue weighted by atomic mass is 9.98. The van der Waals surface area contributed by atoms with Crippen LogP contribution in [0, 0.1) is 13.8 Å². The van der Waals surface area contributed by atoms with E-state index in [0.29, 0.717) is 5.56 Å². The number of carbonyl (C=O) groups is 2. The average Bonchev–Trinajstić information content (AvgIpc) is 2.84. The number of carboxylic acids is 1. The van der Waals surface area contributed by atoms with Gasteiger partial charge in [-0.3, -0.25) is 9.59 Å². The van der Waals surface area contributed by atoms with Crippen molar-refractivity contribution in [3.05, 3.63) is 59.0 Å². The number of nitrogens with one attached hydrogen (secondary N) is 1. The summed E-state index contributed by atoms with van der Waals surface area (Å²) in [5, 5.41) is 11.8. The van der Waals surface area contributed by atoms with E-state index in [0.717, 1.165) is 11.1 Å². The van der Waals surface area contributed by atoms with Crippen LogP contribution in [0.15, 0.2) is 41.0 Å². The highest BCUT2D eigenvalue weighted by Gasteiger charge is 2.22. The molecular formula is C16H17NO4. The molecule has 0 aliphatic carbocycles. The summed E-state index contributed by atoms with van der Waals surface area (Å²) in [6, 6.07) is 8.48. The molecule has 1 aromatic heterocycles. The number of amides is 1. The highest BCUT2D eigenvalue weighted by atomic mass is 16.4. The molecule has 0 saturated heterocycles. The zero-order valence-electron chi connectivity index (χ0n) is 11.9. The van der Waals surface area contributed by atoms with Gasteiger partial charge in [0.2, 0.25) is 0 Å². The van der Waals surface area contributed by atoms with Gasteiger partial charge in [-0.25, -0.2) is 0 Å². The Bertz CT molecular complexity index is 660. The topological polar surface area (TPSA) is 79.5 Å². The lowest BCUT2D eigenvalue weighted by molar-refractivity contribution is -0.137. The van der Waals surface area contributed by atoms with Gasteiger partial charge in [0.15, 0.2) is 5.76 Å². The van der Waals surface area contributed by atoms with Crippen LogP contribution in [0.25, 0.3) is 0 Å². The zero-order chi connectivity index (χ0) is 15.4. The van der Waals surface area contributed by atoms with Gasteiger partial charge in [-0.05, 0) is 31.0 Å². The monoisotopic (exact) mass is 287 g/mol. The summed E-state index contributed by atoms with van der Waals surface area (Å²) in [5.74, 6) is -1.18. The van der Waals surface area contributed by atoms with Gasteiger partial charge in [-0.15, -0.1) is 0 Å². The first-order valence-electron chi connectivity index (χ1n) is 6.61. The molecule has 5 nitrogen and oxygen atoms in total. The first-order valence-corrected chi connectivity index (χ1v) is 6.61. The fourth-order valence-corrected chi connectivity index (χ4v) is 2.22. The molecule has 5 heteroatoms. The number of aryl methyl sites for hydroxylation is 2. The van der Waals surface area contributed by atoms with Crippen LogP contribution in [0.4, 0.5) is 0 Å². The van der Waals surface area contributed by atoms with Crippen molar-refractivity contribution < 1.29 is 19.1 Å². The summed E-state index contributed by atoms with van der Waals surface area (Å²) in [7, 11) is 0. The van der Waals surface area contributed by atoms with Gasteiger partial charge in [0.25, 0.3) is 5.91 Å². The van der Waals surface area contributed by atoms with E-state index in [-0.39, 0.29) is 12.2 Å². The van der Waals surface area contributed by atoms with Crippen molar-refractivity contribution in [3.8, 4) is 0 Å². The van der Waals surface area contributed by atoms with E-state index in [4.69, 9.17) is 9.52 Å². The first kappa shape index (κ1) is 14.8. The SMILES string of the molecule is Cc1ccccc1C(CC(=O)O)NC(=O)c1occc1C. The normalized spacial score (nSPS) is 11.9. The Hall–Kier alpha value is -2.56. The first-order chi connectivity index (χ1) is 9.99. The summed E-state index contributed by atoms with van der Waals surface area (Å²) in [5.41, 5.74) is 2.43. The lowest BCUT2D eigenvalue weighted by Gasteiger charge is -2.19. The van der Waals surface area contributed by atoms with E-state index in [2.05, 4.69) is 5.32 Å². The minimum Gasteiger partial charge on any atom is -0.481 e. The minimum atomic E-state index is -0.972. The van der Waals surface area contributed by atoms with Crippen molar-refractivity contribution in [1.29, 1.82) is 0 Å². The summed E-state index contributed by atoms with van der Waals surface area (Å²) in [6.45, 7) is 3.65. The van der Waals surface area contributed by atoms with Crippen molar-refractivity contribution in [2.75, 3.05) is 0 Å². The van der Waals surface area contributed by atoms with Crippen LogP contribution in [0.5, 0.6) is 0 Å². The Morgan fingerprint density at radius 2 is 1.90 bits per heavy atom. The van der Waals surface area contributed by atoms with Crippen molar-refractivity contribution in [2.45, 2.75) is 26.3 Å². The Morgan fingerprint density at radius 3 is 2.48 bits per heavy atom. The lowest BCUT2D eigenvalue weighted by Crippen LogP contribution is -2.30. The van der Waals surface area contributed by atoms with Gasteiger partial charge in [0.05, 0.1) is 18.7 Å². The van der Waals surface area contributed by atoms with Crippen LogP contribution in [0.3, 0.4) is 0 Å². The summed E-state index contributed by atoms with van der Waals surface area (Å²) >= 11 is 0. The Labute approximate surface area is 122 Å². The fourth-order valence-electron chi connectivity index (χ4n) is 2.22. The molecular weight excluding hydrogens is 270 g/mol. The van der Waals surface area contributed by atoms with E-state index in [1.54, 1.807) is 13.0 Å². The second-order valence-electron chi connectivity index (χ2n) is 4.91. The van der Waals surface area contributed by atoms with Crippen molar-refractivity contribution in [3.63, 3.8) is 0 Å². The molecule has 0 radical (unpaired) electrons. The molecule has 0 aliphatic rings. The number of benzene rings is 1. The molecule has 1 aromatic carbocycles. The Kier molecular flexibility index (Phi) is 4.42. The maximum atomic E-state index is 12.2. The Balaban J connectivity index is 2.25.